The van der Waals surface area contributed by atoms with E-state index in [1.807, 2.05) is 18.2 Å². The average Bonchev–Trinajstić information content (AvgIpc) is 2.58. The summed E-state index contributed by atoms with van der Waals surface area (Å²) in [5, 5.41) is 0. The number of benzene rings is 1. The zero-order valence-corrected chi connectivity index (χ0v) is 16.3. The van der Waals surface area contributed by atoms with Crippen molar-refractivity contribution >= 4 is 15.7 Å². The van der Waals surface area contributed by atoms with Gasteiger partial charge in [-0.05, 0) is 30.5 Å². The van der Waals surface area contributed by atoms with Crippen LogP contribution in [0.3, 0.4) is 0 Å². The first-order chi connectivity index (χ1) is 12.3. The molecule has 7 heteroatoms. The maximum absolute atomic E-state index is 11.6. The molecular weight excluding hydrogens is 352 g/mol. The summed E-state index contributed by atoms with van der Waals surface area (Å²) >= 11 is 0. The van der Waals surface area contributed by atoms with Crippen LogP contribution in [-0.2, 0) is 20.2 Å². The molecule has 3 atom stereocenters. The van der Waals surface area contributed by atoms with Crippen molar-refractivity contribution in [2.75, 3.05) is 38.8 Å². The Morgan fingerprint density at radius 1 is 1.31 bits per heavy atom. The Kier molecular flexibility index (Phi) is 5.42. The molecule has 1 saturated carbocycles. The molecule has 1 saturated heterocycles. The zero-order chi connectivity index (χ0) is 18.9. The Balaban J connectivity index is 1.90. The van der Waals surface area contributed by atoms with Crippen molar-refractivity contribution in [2.45, 2.75) is 24.9 Å². The second-order valence-electron chi connectivity index (χ2n) is 7.66. The topological polar surface area (TPSA) is 89.7 Å². The van der Waals surface area contributed by atoms with Crippen LogP contribution in [0.5, 0.6) is 0 Å². The molecule has 2 N–H and O–H groups in total. The molecule has 1 aromatic rings. The minimum absolute atomic E-state index is 0.184. The Bertz CT molecular complexity index is 763. The van der Waals surface area contributed by atoms with Gasteiger partial charge in [-0.1, -0.05) is 18.6 Å². The molecule has 26 heavy (non-hydrogen) atoms. The highest BCUT2D eigenvalue weighted by Crippen LogP contribution is 2.51. The van der Waals surface area contributed by atoms with E-state index in [0.717, 1.165) is 37.9 Å². The average molecular weight is 381 g/mol. The van der Waals surface area contributed by atoms with Crippen molar-refractivity contribution in [1.82, 2.24) is 4.90 Å². The van der Waals surface area contributed by atoms with E-state index >= 15 is 0 Å². The van der Waals surface area contributed by atoms with E-state index in [4.69, 9.17) is 10.5 Å². The number of likely N-dealkylation sites (tertiary alicyclic amines) is 1. The fourth-order valence-electron chi connectivity index (χ4n) is 4.84. The summed E-state index contributed by atoms with van der Waals surface area (Å²) in [5.41, 5.74) is 6.54. The van der Waals surface area contributed by atoms with Gasteiger partial charge in [0, 0.05) is 50.4 Å². The molecule has 1 aromatic carbocycles. The summed E-state index contributed by atoms with van der Waals surface area (Å²) in [5.74, 6) is 0.281. The van der Waals surface area contributed by atoms with Crippen molar-refractivity contribution < 1.29 is 17.9 Å². The Morgan fingerprint density at radius 3 is 2.50 bits per heavy atom. The number of hydrogen-bond donors (Lipinski definition) is 1. The second kappa shape index (κ2) is 7.29. The molecule has 2 bridgehead atoms. The number of methoxy groups -OCH3 is 1. The predicted molar refractivity (Wildman–Crippen MR) is 101 cm³/mol. The van der Waals surface area contributed by atoms with Crippen LogP contribution in [0.1, 0.15) is 35.2 Å². The number of fused-ring (bicyclic) bond motifs is 2. The van der Waals surface area contributed by atoms with Gasteiger partial charge in [-0.2, -0.15) is 0 Å². The number of carbonyl (C=O) groups is 1. The van der Waals surface area contributed by atoms with Crippen LogP contribution in [0, 0.1) is 11.8 Å². The molecule has 1 heterocycles. The van der Waals surface area contributed by atoms with E-state index in [-0.39, 0.29) is 17.6 Å². The highest BCUT2D eigenvalue weighted by Gasteiger charge is 2.53. The molecule has 2 fully saturated rings. The highest BCUT2D eigenvalue weighted by molar-refractivity contribution is 7.90. The molecule has 0 aromatic heterocycles. The molecule has 3 rings (SSSR count). The first kappa shape index (κ1) is 19.3. The highest BCUT2D eigenvalue weighted by atomic mass is 32.2. The molecular formula is C19H28N2O4S. The van der Waals surface area contributed by atoms with Crippen LogP contribution in [0.4, 0.5) is 0 Å². The van der Waals surface area contributed by atoms with Gasteiger partial charge >= 0.3 is 0 Å². The number of ether oxygens (including phenoxy) is 1. The van der Waals surface area contributed by atoms with Gasteiger partial charge in [-0.15, -0.1) is 0 Å². The molecule has 2 aliphatic rings. The molecule has 1 aliphatic heterocycles. The standard InChI is InChI=1S/C19H28N2O4S/c1-25-19(15-6-3-5-14(11-15)18(20)22)16-7-4-8-17(19)13-21(12-16)9-10-26(2,23)24/h3,5-6,11,16-17H,4,7-10,12-13H2,1-2H3,(H2,20,22)/t16-,17+,19+. The number of rotatable bonds is 6. The Morgan fingerprint density at radius 2 is 1.96 bits per heavy atom. The number of primary amides is 1. The summed E-state index contributed by atoms with van der Waals surface area (Å²) in [4.78, 5) is 13.9. The molecule has 144 valence electrons. The molecule has 1 amide bonds. The SMILES string of the molecule is CO[C@@]1(c2cccc(C(N)=O)c2)[C@@H]2CCC[C@H]1CN(CCS(C)(=O)=O)C2. The van der Waals surface area contributed by atoms with E-state index < -0.39 is 21.3 Å². The number of amides is 1. The van der Waals surface area contributed by atoms with Crippen molar-refractivity contribution in [3.05, 3.63) is 35.4 Å². The Labute approximate surface area is 155 Å². The van der Waals surface area contributed by atoms with Crippen LogP contribution in [0.15, 0.2) is 24.3 Å². The lowest BCUT2D eigenvalue weighted by molar-refractivity contribution is -0.168. The largest absolute Gasteiger partial charge is 0.373 e. The van der Waals surface area contributed by atoms with E-state index in [0.29, 0.717) is 12.1 Å². The Hall–Kier alpha value is -1.44. The number of hydrogen-bond acceptors (Lipinski definition) is 5. The van der Waals surface area contributed by atoms with Crippen LogP contribution < -0.4 is 5.73 Å². The smallest absolute Gasteiger partial charge is 0.248 e. The third kappa shape index (κ3) is 3.66. The van der Waals surface area contributed by atoms with Gasteiger partial charge in [0.25, 0.3) is 0 Å². The molecule has 1 aliphatic carbocycles. The fraction of sp³-hybridized carbons (Fsp3) is 0.632. The number of nitrogens with two attached hydrogens (primary N) is 1. The third-order valence-electron chi connectivity index (χ3n) is 5.99. The van der Waals surface area contributed by atoms with Crippen LogP contribution in [-0.4, -0.2) is 58.0 Å². The minimum Gasteiger partial charge on any atom is -0.373 e. The lowest BCUT2D eigenvalue weighted by atomic mass is 9.62. The van der Waals surface area contributed by atoms with Crippen LogP contribution in [0.25, 0.3) is 0 Å². The maximum atomic E-state index is 11.6. The van der Waals surface area contributed by atoms with Crippen molar-refractivity contribution in [2.24, 2.45) is 17.6 Å². The number of piperidine rings is 1. The quantitative estimate of drug-likeness (QED) is 0.806. The van der Waals surface area contributed by atoms with Gasteiger partial charge in [0.15, 0.2) is 0 Å². The number of carbonyl (C=O) groups excluding carboxylic acids is 1. The van der Waals surface area contributed by atoms with E-state index in [9.17, 15) is 13.2 Å². The normalized spacial score (nSPS) is 29.5. The fourth-order valence-corrected chi connectivity index (χ4v) is 5.43. The first-order valence-corrected chi connectivity index (χ1v) is 11.2. The summed E-state index contributed by atoms with van der Waals surface area (Å²) < 4.78 is 29.2. The van der Waals surface area contributed by atoms with E-state index in [1.54, 1.807) is 13.2 Å². The molecule has 0 spiro atoms. The van der Waals surface area contributed by atoms with Gasteiger partial charge in [0.2, 0.25) is 5.91 Å². The lowest BCUT2D eigenvalue weighted by Gasteiger charge is -2.55. The van der Waals surface area contributed by atoms with Crippen molar-refractivity contribution in [3.8, 4) is 0 Å². The van der Waals surface area contributed by atoms with E-state index in [1.165, 1.54) is 6.26 Å². The number of nitrogens with zero attached hydrogens (tertiary/aromatic N) is 1. The van der Waals surface area contributed by atoms with E-state index in [2.05, 4.69) is 4.90 Å². The summed E-state index contributed by atoms with van der Waals surface area (Å²) in [7, 11) is -1.23. The zero-order valence-electron chi connectivity index (χ0n) is 15.5. The van der Waals surface area contributed by atoms with Gasteiger partial charge in [0.1, 0.15) is 15.4 Å². The van der Waals surface area contributed by atoms with Gasteiger partial charge in [-0.25, -0.2) is 8.42 Å². The van der Waals surface area contributed by atoms with Crippen LogP contribution >= 0.6 is 0 Å². The predicted octanol–water partition coefficient (Wildman–Crippen LogP) is 1.40. The minimum atomic E-state index is -2.97. The van der Waals surface area contributed by atoms with Crippen LogP contribution in [0.2, 0.25) is 0 Å². The summed E-state index contributed by atoms with van der Waals surface area (Å²) in [6, 6.07) is 7.48. The van der Waals surface area contributed by atoms with Crippen molar-refractivity contribution in [3.63, 3.8) is 0 Å². The first-order valence-electron chi connectivity index (χ1n) is 9.12. The molecule has 0 radical (unpaired) electrons. The van der Waals surface area contributed by atoms with Crippen molar-refractivity contribution in [1.29, 1.82) is 0 Å². The van der Waals surface area contributed by atoms with Gasteiger partial charge in [0.05, 0.1) is 5.75 Å². The third-order valence-corrected chi connectivity index (χ3v) is 6.91. The van der Waals surface area contributed by atoms with Gasteiger partial charge in [-0.3, -0.25) is 4.79 Å². The lowest BCUT2D eigenvalue weighted by Crippen LogP contribution is -2.59. The monoisotopic (exact) mass is 380 g/mol. The summed E-state index contributed by atoms with van der Waals surface area (Å²) in [6.07, 6.45) is 4.49. The second-order valence-corrected chi connectivity index (χ2v) is 9.92. The molecule has 6 nitrogen and oxygen atoms in total. The number of sulfone groups is 1. The summed E-state index contributed by atoms with van der Waals surface area (Å²) in [6.45, 7) is 2.17. The van der Waals surface area contributed by atoms with Gasteiger partial charge < -0.3 is 15.4 Å². The molecule has 0 unspecified atom stereocenters. The maximum Gasteiger partial charge on any atom is 0.248 e.